The smallest absolute Gasteiger partial charge is 0.408 e. The number of ether oxygens (including phenoxy) is 1. The Morgan fingerprint density at radius 2 is 1.70 bits per heavy atom. The zero-order valence-corrected chi connectivity index (χ0v) is 14.5. The van der Waals surface area contributed by atoms with Gasteiger partial charge in [-0.05, 0) is 65.2 Å². The summed E-state index contributed by atoms with van der Waals surface area (Å²) >= 11 is 0. The number of aliphatic hydroxyl groups excluding tert-OH is 1. The van der Waals surface area contributed by atoms with Crippen molar-refractivity contribution < 1.29 is 19.4 Å². The minimum atomic E-state index is -0.589. The second-order valence-electron chi connectivity index (χ2n) is 7.72. The van der Waals surface area contributed by atoms with Gasteiger partial charge in [-0.3, -0.25) is 4.79 Å². The summed E-state index contributed by atoms with van der Waals surface area (Å²) in [5.74, 6) is 0.0637. The summed E-state index contributed by atoms with van der Waals surface area (Å²) < 4.78 is 5.32. The van der Waals surface area contributed by atoms with Crippen LogP contribution in [0.4, 0.5) is 4.79 Å². The Bertz CT molecular complexity index is 419. The van der Waals surface area contributed by atoms with Crippen LogP contribution in [0.2, 0.25) is 0 Å². The summed E-state index contributed by atoms with van der Waals surface area (Å²) in [6.45, 7) is 6.95. The highest BCUT2D eigenvalue weighted by Gasteiger charge is 2.36. The van der Waals surface area contributed by atoms with Crippen molar-refractivity contribution >= 4 is 12.0 Å². The van der Waals surface area contributed by atoms with E-state index in [-0.39, 0.29) is 17.9 Å². The number of carbonyl (C=O) groups excluding carboxylic acids is 2. The van der Waals surface area contributed by atoms with Gasteiger partial charge in [-0.15, -0.1) is 0 Å². The maximum atomic E-state index is 12.8. The number of nitrogens with one attached hydrogen (secondary N) is 1. The molecule has 0 bridgehead atoms. The fourth-order valence-electron chi connectivity index (χ4n) is 3.38. The zero-order valence-electron chi connectivity index (χ0n) is 14.5. The second kappa shape index (κ2) is 7.51. The number of amides is 2. The van der Waals surface area contributed by atoms with Gasteiger partial charge in [-0.2, -0.15) is 0 Å². The van der Waals surface area contributed by atoms with E-state index in [0.29, 0.717) is 12.8 Å². The molecular weight excluding hydrogens is 296 g/mol. The molecule has 2 amide bonds. The van der Waals surface area contributed by atoms with Crippen molar-refractivity contribution in [1.82, 2.24) is 10.2 Å². The molecule has 2 rings (SSSR count). The van der Waals surface area contributed by atoms with Crippen molar-refractivity contribution in [3.8, 4) is 0 Å². The Labute approximate surface area is 138 Å². The SMILES string of the molecule is CC(C)(C)OC(=O)N[C@H](C(=O)N1CCCC1)[C@H]1CC[C@H](O)CC1. The van der Waals surface area contributed by atoms with Crippen molar-refractivity contribution in [3.63, 3.8) is 0 Å². The second-order valence-corrected chi connectivity index (χ2v) is 7.72. The molecule has 0 aromatic carbocycles. The third-order valence-electron chi connectivity index (χ3n) is 4.57. The van der Waals surface area contributed by atoms with E-state index in [4.69, 9.17) is 4.74 Å². The van der Waals surface area contributed by atoms with Crippen LogP contribution in [0.25, 0.3) is 0 Å². The van der Waals surface area contributed by atoms with Crippen molar-refractivity contribution in [3.05, 3.63) is 0 Å². The molecule has 0 aromatic heterocycles. The van der Waals surface area contributed by atoms with Crippen LogP contribution in [0.15, 0.2) is 0 Å². The average Bonchev–Trinajstić information content (AvgIpc) is 2.97. The maximum absolute atomic E-state index is 12.8. The van der Waals surface area contributed by atoms with E-state index in [9.17, 15) is 14.7 Å². The Balaban J connectivity index is 2.04. The summed E-state index contributed by atoms with van der Waals surface area (Å²) in [7, 11) is 0. The third-order valence-corrected chi connectivity index (χ3v) is 4.57. The van der Waals surface area contributed by atoms with E-state index < -0.39 is 17.7 Å². The van der Waals surface area contributed by atoms with Gasteiger partial charge >= 0.3 is 6.09 Å². The third kappa shape index (κ3) is 5.37. The minimum Gasteiger partial charge on any atom is -0.444 e. The van der Waals surface area contributed by atoms with Crippen LogP contribution in [0.5, 0.6) is 0 Å². The van der Waals surface area contributed by atoms with Gasteiger partial charge in [0.05, 0.1) is 6.10 Å². The lowest BCUT2D eigenvalue weighted by Gasteiger charge is -2.34. The number of nitrogens with zero attached hydrogens (tertiary/aromatic N) is 1. The van der Waals surface area contributed by atoms with Gasteiger partial charge in [0.25, 0.3) is 0 Å². The lowest BCUT2D eigenvalue weighted by molar-refractivity contribution is -0.134. The molecular formula is C17H30N2O4. The molecule has 2 fully saturated rings. The summed E-state index contributed by atoms with van der Waals surface area (Å²) in [5.41, 5.74) is -0.589. The van der Waals surface area contributed by atoms with E-state index >= 15 is 0 Å². The van der Waals surface area contributed by atoms with Crippen molar-refractivity contribution in [1.29, 1.82) is 0 Å². The Morgan fingerprint density at radius 3 is 2.22 bits per heavy atom. The van der Waals surface area contributed by atoms with E-state index in [0.717, 1.165) is 38.8 Å². The Morgan fingerprint density at radius 1 is 1.13 bits per heavy atom. The van der Waals surface area contributed by atoms with Crippen LogP contribution in [0.1, 0.15) is 59.3 Å². The molecule has 0 aromatic rings. The molecule has 1 saturated carbocycles. The van der Waals surface area contributed by atoms with Crippen molar-refractivity contribution in [2.75, 3.05) is 13.1 Å². The first kappa shape index (κ1) is 18.0. The van der Waals surface area contributed by atoms with E-state index in [1.807, 2.05) is 4.90 Å². The quantitative estimate of drug-likeness (QED) is 0.832. The zero-order chi connectivity index (χ0) is 17.0. The molecule has 0 spiro atoms. The van der Waals surface area contributed by atoms with Gasteiger partial charge in [0.1, 0.15) is 11.6 Å². The molecule has 1 aliphatic heterocycles. The minimum absolute atomic E-state index is 0.00486. The fraction of sp³-hybridized carbons (Fsp3) is 0.882. The number of hydrogen-bond acceptors (Lipinski definition) is 4. The molecule has 23 heavy (non-hydrogen) atoms. The van der Waals surface area contributed by atoms with Gasteiger partial charge in [0.2, 0.25) is 5.91 Å². The van der Waals surface area contributed by atoms with Crippen LogP contribution >= 0.6 is 0 Å². The fourth-order valence-corrected chi connectivity index (χ4v) is 3.38. The molecule has 1 saturated heterocycles. The van der Waals surface area contributed by atoms with E-state index in [1.165, 1.54) is 0 Å². The van der Waals surface area contributed by atoms with Gasteiger partial charge in [-0.25, -0.2) is 4.79 Å². The summed E-state index contributed by atoms with van der Waals surface area (Å²) in [6, 6.07) is -0.546. The van der Waals surface area contributed by atoms with Crippen molar-refractivity contribution in [2.24, 2.45) is 5.92 Å². The van der Waals surface area contributed by atoms with Crippen molar-refractivity contribution in [2.45, 2.75) is 77.0 Å². The molecule has 0 radical (unpaired) electrons. The number of rotatable bonds is 3. The first-order chi connectivity index (χ1) is 10.8. The summed E-state index contributed by atoms with van der Waals surface area (Å²) in [4.78, 5) is 26.8. The first-order valence-corrected chi connectivity index (χ1v) is 8.72. The molecule has 1 heterocycles. The average molecular weight is 326 g/mol. The Kier molecular flexibility index (Phi) is 5.89. The standard InChI is InChI=1S/C17H30N2O4/c1-17(2,3)23-16(22)18-14(12-6-8-13(20)9-7-12)15(21)19-10-4-5-11-19/h12-14,20H,4-11H2,1-3H3,(H,18,22)/t12-,13-,14-/m0/s1. The highest BCUT2D eigenvalue weighted by atomic mass is 16.6. The number of likely N-dealkylation sites (tertiary alicyclic amines) is 1. The van der Waals surface area contributed by atoms with E-state index in [1.54, 1.807) is 20.8 Å². The van der Waals surface area contributed by atoms with Crippen LogP contribution < -0.4 is 5.32 Å². The molecule has 132 valence electrons. The lowest BCUT2D eigenvalue weighted by atomic mass is 9.82. The molecule has 1 atom stereocenters. The maximum Gasteiger partial charge on any atom is 0.408 e. The number of alkyl carbamates (subject to hydrolysis) is 1. The number of hydrogen-bond donors (Lipinski definition) is 2. The highest BCUT2D eigenvalue weighted by molar-refractivity contribution is 5.86. The topological polar surface area (TPSA) is 78.9 Å². The van der Waals surface area contributed by atoms with Crippen LogP contribution in [-0.4, -0.2) is 52.8 Å². The molecule has 1 aliphatic carbocycles. The number of carbonyl (C=O) groups is 2. The Hall–Kier alpha value is -1.30. The first-order valence-electron chi connectivity index (χ1n) is 8.72. The highest BCUT2D eigenvalue weighted by Crippen LogP contribution is 2.28. The van der Waals surface area contributed by atoms with E-state index in [2.05, 4.69) is 5.32 Å². The van der Waals surface area contributed by atoms with Gasteiger partial charge in [-0.1, -0.05) is 0 Å². The normalized spacial score (nSPS) is 26.7. The predicted octanol–water partition coefficient (Wildman–Crippen LogP) is 2.05. The monoisotopic (exact) mass is 326 g/mol. The lowest BCUT2D eigenvalue weighted by Crippen LogP contribution is -2.53. The predicted molar refractivity (Wildman–Crippen MR) is 86.9 cm³/mol. The summed E-state index contributed by atoms with van der Waals surface area (Å²) in [6.07, 6.45) is 4.09. The molecule has 6 heteroatoms. The molecule has 6 nitrogen and oxygen atoms in total. The molecule has 0 unspecified atom stereocenters. The molecule has 2 N–H and O–H groups in total. The van der Waals surface area contributed by atoms with Crippen LogP contribution in [0.3, 0.4) is 0 Å². The van der Waals surface area contributed by atoms with Crippen LogP contribution in [-0.2, 0) is 9.53 Å². The summed E-state index contributed by atoms with van der Waals surface area (Å²) in [5, 5.41) is 12.5. The number of aliphatic hydroxyl groups is 1. The largest absolute Gasteiger partial charge is 0.444 e. The van der Waals surface area contributed by atoms with Crippen LogP contribution in [0, 0.1) is 5.92 Å². The van der Waals surface area contributed by atoms with Gasteiger partial charge in [0, 0.05) is 13.1 Å². The molecule has 2 aliphatic rings. The van der Waals surface area contributed by atoms with Gasteiger partial charge < -0.3 is 20.1 Å². The van der Waals surface area contributed by atoms with Gasteiger partial charge in [0.15, 0.2) is 0 Å².